The fourth-order valence-corrected chi connectivity index (χ4v) is 2.49. The largest absolute Gasteiger partial charge is 0.370 e. The molecule has 1 aromatic rings. The smallest absolute Gasteiger partial charge is 0.252 e. The van der Waals surface area contributed by atoms with Crippen LogP contribution in [0.15, 0.2) is 18.3 Å². The van der Waals surface area contributed by atoms with E-state index in [-0.39, 0.29) is 5.91 Å². The second-order valence-electron chi connectivity index (χ2n) is 5.82. The first-order valence-electron chi connectivity index (χ1n) is 7.85. The van der Waals surface area contributed by atoms with Crippen LogP contribution in [0.4, 0.5) is 5.82 Å². The van der Waals surface area contributed by atoms with Gasteiger partial charge < -0.3 is 15.5 Å². The highest BCUT2D eigenvalue weighted by Crippen LogP contribution is 2.15. The number of hydrogen-bond donors (Lipinski definition) is 2. The van der Waals surface area contributed by atoms with Gasteiger partial charge in [0.1, 0.15) is 5.82 Å². The molecule has 0 unspecified atom stereocenters. The second kappa shape index (κ2) is 7.98. The number of carbonyl (C=O) groups is 1. The number of aromatic nitrogens is 1. The standard InChI is InChI=1S/C16H26N4O/c1-3-8-17-15-5-4-14(12-18-15)16(21)19-11-13-6-9-20(2)10-7-13/h4-5,12-13H,3,6-11H2,1-2H3,(H,17,18)(H,19,21). The lowest BCUT2D eigenvalue weighted by Gasteiger charge is -2.28. The van der Waals surface area contributed by atoms with E-state index in [9.17, 15) is 4.79 Å². The Kier molecular flexibility index (Phi) is 5.99. The molecular formula is C16H26N4O. The summed E-state index contributed by atoms with van der Waals surface area (Å²) < 4.78 is 0. The minimum atomic E-state index is -0.0246. The molecule has 2 rings (SSSR count). The van der Waals surface area contributed by atoms with Gasteiger partial charge in [0.15, 0.2) is 0 Å². The Hall–Kier alpha value is -1.62. The Labute approximate surface area is 127 Å². The number of nitrogens with zero attached hydrogens (tertiary/aromatic N) is 2. The number of nitrogens with one attached hydrogen (secondary N) is 2. The molecule has 0 radical (unpaired) electrons. The Morgan fingerprint density at radius 2 is 2.14 bits per heavy atom. The molecule has 1 aromatic heterocycles. The summed E-state index contributed by atoms with van der Waals surface area (Å²) >= 11 is 0. The topological polar surface area (TPSA) is 57.3 Å². The zero-order valence-electron chi connectivity index (χ0n) is 13.1. The molecule has 0 aromatic carbocycles. The van der Waals surface area contributed by atoms with Crippen LogP contribution in [0.1, 0.15) is 36.5 Å². The summed E-state index contributed by atoms with van der Waals surface area (Å²) in [6.45, 7) is 6.02. The van der Waals surface area contributed by atoms with E-state index in [0.717, 1.165) is 51.3 Å². The van der Waals surface area contributed by atoms with E-state index in [2.05, 4.69) is 34.5 Å². The number of rotatable bonds is 6. The number of likely N-dealkylation sites (tertiary alicyclic amines) is 1. The molecule has 2 N–H and O–H groups in total. The number of amides is 1. The van der Waals surface area contributed by atoms with E-state index in [0.29, 0.717) is 11.5 Å². The van der Waals surface area contributed by atoms with Crippen LogP contribution >= 0.6 is 0 Å². The molecule has 0 atom stereocenters. The summed E-state index contributed by atoms with van der Waals surface area (Å²) in [5, 5.41) is 6.23. The Morgan fingerprint density at radius 3 is 2.76 bits per heavy atom. The van der Waals surface area contributed by atoms with Crippen LogP contribution in [-0.2, 0) is 0 Å². The van der Waals surface area contributed by atoms with E-state index in [1.54, 1.807) is 6.20 Å². The minimum absolute atomic E-state index is 0.0246. The lowest BCUT2D eigenvalue weighted by Crippen LogP contribution is -2.36. The molecule has 1 saturated heterocycles. The van der Waals surface area contributed by atoms with Crippen molar-refractivity contribution in [1.29, 1.82) is 0 Å². The van der Waals surface area contributed by atoms with Crippen LogP contribution in [0, 0.1) is 5.92 Å². The molecule has 1 fully saturated rings. The fourth-order valence-electron chi connectivity index (χ4n) is 2.49. The Morgan fingerprint density at radius 1 is 1.38 bits per heavy atom. The van der Waals surface area contributed by atoms with Crippen molar-refractivity contribution in [2.75, 3.05) is 38.5 Å². The molecule has 116 valence electrons. The van der Waals surface area contributed by atoms with Crippen molar-refractivity contribution < 1.29 is 4.79 Å². The molecule has 0 spiro atoms. The molecule has 1 amide bonds. The lowest BCUT2D eigenvalue weighted by molar-refractivity contribution is 0.0938. The summed E-state index contributed by atoms with van der Waals surface area (Å²) in [5.41, 5.74) is 0.630. The van der Waals surface area contributed by atoms with E-state index in [1.165, 1.54) is 0 Å². The minimum Gasteiger partial charge on any atom is -0.370 e. The lowest BCUT2D eigenvalue weighted by atomic mass is 9.97. The molecule has 21 heavy (non-hydrogen) atoms. The van der Waals surface area contributed by atoms with Gasteiger partial charge in [0.05, 0.1) is 5.56 Å². The summed E-state index contributed by atoms with van der Waals surface area (Å²) in [7, 11) is 2.15. The molecule has 1 aliphatic heterocycles. The monoisotopic (exact) mass is 290 g/mol. The van der Waals surface area contributed by atoms with Gasteiger partial charge >= 0.3 is 0 Å². The summed E-state index contributed by atoms with van der Waals surface area (Å²) in [4.78, 5) is 18.7. The number of carbonyl (C=O) groups excluding carboxylic acids is 1. The van der Waals surface area contributed by atoms with E-state index < -0.39 is 0 Å². The summed E-state index contributed by atoms with van der Waals surface area (Å²) in [6, 6.07) is 3.69. The van der Waals surface area contributed by atoms with Crippen molar-refractivity contribution in [2.45, 2.75) is 26.2 Å². The van der Waals surface area contributed by atoms with E-state index in [4.69, 9.17) is 0 Å². The van der Waals surface area contributed by atoms with Crippen molar-refractivity contribution in [1.82, 2.24) is 15.2 Å². The first-order chi connectivity index (χ1) is 10.2. The zero-order valence-corrected chi connectivity index (χ0v) is 13.1. The quantitative estimate of drug-likeness (QED) is 0.841. The summed E-state index contributed by atoms with van der Waals surface area (Å²) in [5.74, 6) is 1.40. The molecule has 5 heteroatoms. The molecular weight excluding hydrogens is 264 g/mol. The second-order valence-corrected chi connectivity index (χ2v) is 5.82. The number of anilines is 1. The van der Waals surface area contributed by atoms with Crippen molar-refractivity contribution >= 4 is 11.7 Å². The third kappa shape index (κ3) is 5.01. The van der Waals surface area contributed by atoms with E-state index >= 15 is 0 Å². The average Bonchev–Trinajstić information content (AvgIpc) is 2.52. The van der Waals surface area contributed by atoms with E-state index in [1.807, 2.05) is 12.1 Å². The van der Waals surface area contributed by atoms with Crippen LogP contribution in [0.3, 0.4) is 0 Å². The molecule has 0 saturated carbocycles. The molecule has 0 aliphatic carbocycles. The van der Waals surface area contributed by atoms with Crippen molar-refractivity contribution in [2.24, 2.45) is 5.92 Å². The van der Waals surface area contributed by atoms with Gasteiger partial charge in [-0.25, -0.2) is 4.98 Å². The predicted octanol–water partition coefficient (Wildman–Crippen LogP) is 1.98. The summed E-state index contributed by atoms with van der Waals surface area (Å²) in [6.07, 6.45) is 5.02. The Bertz CT molecular complexity index is 438. The molecule has 0 bridgehead atoms. The van der Waals surface area contributed by atoms with Gasteiger partial charge in [-0.2, -0.15) is 0 Å². The molecule has 1 aliphatic rings. The van der Waals surface area contributed by atoms with Crippen molar-refractivity contribution in [3.05, 3.63) is 23.9 Å². The van der Waals surface area contributed by atoms with Crippen LogP contribution < -0.4 is 10.6 Å². The highest BCUT2D eigenvalue weighted by atomic mass is 16.1. The average molecular weight is 290 g/mol. The molecule has 5 nitrogen and oxygen atoms in total. The van der Waals surface area contributed by atoms with Gasteiger partial charge in [-0.3, -0.25) is 4.79 Å². The van der Waals surface area contributed by atoms with Gasteiger partial charge in [0.25, 0.3) is 5.91 Å². The van der Waals surface area contributed by atoms with Gasteiger partial charge in [-0.15, -0.1) is 0 Å². The fraction of sp³-hybridized carbons (Fsp3) is 0.625. The predicted molar refractivity (Wildman–Crippen MR) is 85.6 cm³/mol. The Balaban J connectivity index is 1.77. The van der Waals surface area contributed by atoms with Crippen molar-refractivity contribution in [3.8, 4) is 0 Å². The number of hydrogen-bond acceptors (Lipinski definition) is 4. The maximum absolute atomic E-state index is 12.1. The van der Waals surface area contributed by atoms with Crippen molar-refractivity contribution in [3.63, 3.8) is 0 Å². The maximum Gasteiger partial charge on any atom is 0.252 e. The first-order valence-corrected chi connectivity index (χ1v) is 7.85. The van der Waals surface area contributed by atoms with Crippen LogP contribution in [0.25, 0.3) is 0 Å². The highest BCUT2D eigenvalue weighted by molar-refractivity contribution is 5.94. The normalized spacial score (nSPS) is 16.7. The third-order valence-electron chi connectivity index (χ3n) is 3.97. The number of pyridine rings is 1. The highest BCUT2D eigenvalue weighted by Gasteiger charge is 2.17. The zero-order chi connectivity index (χ0) is 15.1. The van der Waals surface area contributed by atoms with Gasteiger partial charge in [-0.05, 0) is 57.5 Å². The van der Waals surface area contributed by atoms with Crippen LogP contribution in [-0.4, -0.2) is 49.0 Å². The van der Waals surface area contributed by atoms with Gasteiger partial charge in [0, 0.05) is 19.3 Å². The molecule has 2 heterocycles. The SMILES string of the molecule is CCCNc1ccc(C(=O)NCC2CCN(C)CC2)cn1. The van der Waals surface area contributed by atoms with Gasteiger partial charge in [0.2, 0.25) is 0 Å². The third-order valence-corrected chi connectivity index (χ3v) is 3.97. The maximum atomic E-state index is 12.1. The number of piperidine rings is 1. The van der Waals surface area contributed by atoms with Crippen LogP contribution in [0.2, 0.25) is 0 Å². The first kappa shape index (κ1) is 15.8. The van der Waals surface area contributed by atoms with Crippen LogP contribution in [0.5, 0.6) is 0 Å². The van der Waals surface area contributed by atoms with Gasteiger partial charge in [-0.1, -0.05) is 6.92 Å².